The maximum Gasteiger partial charge on any atom is 0.417 e. The van der Waals surface area contributed by atoms with Crippen molar-refractivity contribution in [1.29, 1.82) is 0 Å². The Labute approximate surface area is 205 Å². The van der Waals surface area contributed by atoms with Crippen LogP contribution in [0.3, 0.4) is 0 Å². The summed E-state index contributed by atoms with van der Waals surface area (Å²) in [5, 5.41) is 11.0. The molecule has 1 saturated carbocycles. The third kappa shape index (κ3) is 6.13. The van der Waals surface area contributed by atoms with E-state index < -0.39 is 23.4 Å². The summed E-state index contributed by atoms with van der Waals surface area (Å²) in [5.41, 5.74) is 0.594. The van der Waals surface area contributed by atoms with Gasteiger partial charge in [0.05, 0.1) is 11.3 Å². The van der Waals surface area contributed by atoms with Gasteiger partial charge in [-0.25, -0.2) is 4.39 Å². The molecule has 36 heavy (non-hydrogen) atoms. The maximum atomic E-state index is 13.3. The van der Waals surface area contributed by atoms with Crippen LogP contribution in [0.5, 0.6) is 0 Å². The summed E-state index contributed by atoms with van der Waals surface area (Å²) in [6, 6.07) is 14.3. The monoisotopic (exact) mass is 499 g/mol. The number of alkyl halides is 3. The summed E-state index contributed by atoms with van der Waals surface area (Å²) in [7, 11) is 0. The molecule has 3 aromatic rings. The standard InChI is InChI=1S/C27H25F4N3O2/c28-20-11-5-17(6-12-20)15-16-32-26(36)24-14-13-23(33-34-24)18-7-9-19(10-8-18)25(35)21-3-1-2-4-22(21)27(29,30)31/h1-6,11-14,18-19H,7-10,15-16H2,(H,32,36). The molecule has 2 aromatic carbocycles. The predicted molar refractivity (Wildman–Crippen MR) is 125 cm³/mol. The van der Waals surface area contributed by atoms with Crippen molar-refractivity contribution < 1.29 is 27.2 Å². The van der Waals surface area contributed by atoms with E-state index in [-0.39, 0.29) is 28.9 Å². The highest BCUT2D eigenvalue weighted by atomic mass is 19.4. The van der Waals surface area contributed by atoms with Gasteiger partial charge in [0, 0.05) is 23.9 Å². The van der Waals surface area contributed by atoms with Gasteiger partial charge in [-0.2, -0.15) is 18.3 Å². The molecule has 0 aliphatic heterocycles. The van der Waals surface area contributed by atoms with Crippen LogP contribution in [0.25, 0.3) is 0 Å². The number of Topliss-reactive ketones (excluding diaryl/α,β-unsaturated/α-hetero) is 1. The van der Waals surface area contributed by atoms with Crippen LogP contribution in [0.1, 0.15) is 69.3 Å². The fourth-order valence-electron chi connectivity index (χ4n) is 4.56. The van der Waals surface area contributed by atoms with Gasteiger partial charge >= 0.3 is 6.18 Å². The molecule has 1 heterocycles. The summed E-state index contributed by atoms with van der Waals surface area (Å²) in [6.07, 6.45) is -1.90. The number of benzene rings is 2. The minimum atomic E-state index is -4.58. The number of rotatable bonds is 7. The summed E-state index contributed by atoms with van der Waals surface area (Å²) in [6.45, 7) is 0.364. The lowest BCUT2D eigenvalue weighted by molar-refractivity contribution is -0.138. The van der Waals surface area contributed by atoms with Crippen LogP contribution < -0.4 is 5.32 Å². The second-order valence-corrected chi connectivity index (χ2v) is 8.93. The van der Waals surface area contributed by atoms with Crippen molar-refractivity contribution in [3.63, 3.8) is 0 Å². The lowest BCUT2D eigenvalue weighted by atomic mass is 9.77. The van der Waals surface area contributed by atoms with Gasteiger partial charge in [0.2, 0.25) is 0 Å². The van der Waals surface area contributed by atoms with Crippen LogP contribution in [0.4, 0.5) is 17.6 Å². The second kappa shape index (κ2) is 11.0. The predicted octanol–water partition coefficient (Wildman–Crippen LogP) is 5.76. The summed E-state index contributed by atoms with van der Waals surface area (Å²) in [4.78, 5) is 25.2. The number of nitrogens with zero attached hydrogens (tertiary/aromatic N) is 2. The Balaban J connectivity index is 1.29. The Bertz CT molecular complexity index is 1200. The summed E-state index contributed by atoms with van der Waals surface area (Å²) >= 11 is 0. The van der Waals surface area contributed by atoms with Crippen LogP contribution >= 0.6 is 0 Å². The van der Waals surface area contributed by atoms with Crippen molar-refractivity contribution in [2.75, 3.05) is 6.54 Å². The average molecular weight is 500 g/mol. The largest absolute Gasteiger partial charge is 0.417 e. The lowest BCUT2D eigenvalue weighted by Crippen LogP contribution is -2.27. The molecule has 0 spiro atoms. The molecule has 4 rings (SSSR count). The van der Waals surface area contributed by atoms with Gasteiger partial charge in [-0.1, -0.05) is 30.3 Å². The van der Waals surface area contributed by atoms with Gasteiger partial charge in [-0.3, -0.25) is 9.59 Å². The number of halogens is 4. The minimum Gasteiger partial charge on any atom is -0.350 e. The molecular weight excluding hydrogens is 474 g/mol. The van der Waals surface area contributed by atoms with Crippen molar-refractivity contribution in [2.45, 2.75) is 44.2 Å². The van der Waals surface area contributed by atoms with Crippen molar-refractivity contribution in [3.8, 4) is 0 Å². The highest BCUT2D eigenvalue weighted by Crippen LogP contribution is 2.38. The molecule has 1 fully saturated rings. The van der Waals surface area contributed by atoms with E-state index in [0.29, 0.717) is 44.3 Å². The first-order valence-corrected chi connectivity index (χ1v) is 11.8. The number of hydrogen-bond donors (Lipinski definition) is 1. The minimum absolute atomic E-state index is 0.0231. The quantitative estimate of drug-likeness (QED) is 0.331. The highest BCUT2D eigenvalue weighted by Gasteiger charge is 2.37. The maximum absolute atomic E-state index is 13.3. The van der Waals surface area contributed by atoms with Crippen molar-refractivity contribution >= 4 is 11.7 Å². The topological polar surface area (TPSA) is 72.0 Å². The van der Waals surface area contributed by atoms with Gasteiger partial charge in [0.1, 0.15) is 5.82 Å². The Hall–Kier alpha value is -3.62. The first-order valence-electron chi connectivity index (χ1n) is 11.8. The lowest BCUT2D eigenvalue weighted by Gasteiger charge is -2.27. The zero-order chi connectivity index (χ0) is 25.7. The van der Waals surface area contributed by atoms with Crippen LogP contribution in [0.15, 0.2) is 60.7 Å². The molecule has 188 valence electrons. The molecule has 0 bridgehead atoms. The van der Waals surface area contributed by atoms with E-state index in [0.717, 1.165) is 11.6 Å². The number of amides is 1. The van der Waals surface area contributed by atoms with Gasteiger partial charge in [0.25, 0.3) is 5.91 Å². The van der Waals surface area contributed by atoms with E-state index in [1.165, 1.54) is 30.3 Å². The van der Waals surface area contributed by atoms with E-state index in [4.69, 9.17) is 0 Å². The normalized spacial score (nSPS) is 18.0. The fourth-order valence-corrected chi connectivity index (χ4v) is 4.56. The molecule has 0 unspecified atom stereocenters. The third-order valence-corrected chi connectivity index (χ3v) is 6.54. The smallest absolute Gasteiger partial charge is 0.350 e. The van der Waals surface area contributed by atoms with Gasteiger partial charge in [-0.05, 0) is 68.0 Å². The molecule has 5 nitrogen and oxygen atoms in total. The molecule has 0 radical (unpaired) electrons. The molecule has 1 aromatic heterocycles. The zero-order valence-electron chi connectivity index (χ0n) is 19.4. The van der Waals surface area contributed by atoms with Gasteiger partial charge in [0.15, 0.2) is 11.5 Å². The fraction of sp³-hybridized carbons (Fsp3) is 0.333. The van der Waals surface area contributed by atoms with Crippen molar-refractivity contribution in [2.24, 2.45) is 5.92 Å². The summed E-state index contributed by atoms with van der Waals surface area (Å²) < 4.78 is 52.9. The molecular formula is C27H25F4N3O2. The van der Waals surface area contributed by atoms with Crippen LogP contribution in [0.2, 0.25) is 0 Å². The summed E-state index contributed by atoms with van der Waals surface area (Å²) in [5.74, 6) is -1.60. The number of aromatic nitrogens is 2. The number of ketones is 1. The number of carbonyl (C=O) groups is 2. The molecule has 1 aliphatic carbocycles. The first kappa shape index (κ1) is 25.5. The van der Waals surface area contributed by atoms with E-state index in [9.17, 15) is 27.2 Å². The Kier molecular flexibility index (Phi) is 7.76. The number of carbonyl (C=O) groups excluding carboxylic acids is 2. The molecule has 1 N–H and O–H groups in total. The van der Waals surface area contributed by atoms with E-state index in [1.807, 2.05) is 0 Å². The second-order valence-electron chi connectivity index (χ2n) is 8.93. The van der Waals surface area contributed by atoms with Crippen molar-refractivity contribution in [3.05, 3.63) is 94.6 Å². The van der Waals surface area contributed by atoms with E-state index in [2.05, 4.69) is 15.5 Å². The number of hydrogen-bond acceptors (Lipinski definition) is 4. The van der Waals surface area contributed by atoms with Gasteiger partial charge in [-0.15, -0.1) is 5.10 Å². The SMILES string of the molecule is O=C(NCCc1ccc(F)cc1)c1ccc(C2CCC(C(=O)c3ccccc3C(F)(F)F)CC2)nn1. The molecule has 0 atom stereocenters. The molecule has 1 amide bonds. The molecule has 1 aliphatic rings. The van der Waals surface area contributed by atoms with Crippen LogP contribution in [0, 0.1) is 11.7 Å². The van der Waals surface area contributed by atoms with E-state index in [1.54, 1.807) is 24.3 Å². The van der Waals surface area contributed by atoms with Crippen LogP contribution in [-0.2, 0) is 12.6 Å². The van der Waals surface area contributed by atoms with Gasteiger partial charge < -0.3 is 5.32 Å². The molecule has 0 saturated heterocycles. The first-order chi connectivity index (χ1) is 17.2. The van der Waals surface area contributed by atoms with Crippen molar-refractivity contribution in [1.82, 2.24) is 15.5 Å². The van der Waals surface area contributed by atoms with E-state index >= 15 is 0 Å². The third-order valence-electron chi connectivity index (χ3n) is 6.54. The Morgan fingerprint density at radius 2 is 1.58 bits per heavy atom. The number of nitrogens with one attached hydrogen (secondary N) is 1. The van der Waals surface area contributed by atoms with Crippen LogP contribution in [-0.4, -0.2) is 28.4 Å². The highest BCUT2D eigenvalue weighted by molar-refractivity contribution is 5.99. The molecule has 9 heteroatoms. The average Bonchev–Trinajstić information content (AvgIpc) is 2.89. The Morgan fingerprint density at radius 1 is 0.889 bits per heavy atom. The Morgan fingerprint density at radius 3 is 2.22 bits per heavy atom. The zero-order valence-corrected chi connectivity index (χ0v) is 19.4.